The number of nitrogens with one attached hydrogen (secondary N) is 1. The molecular formula is C21H28N4O3. The predicted molar refractivity (Wildman–Crippen MR) is 107 cm³/mol. The summed E-state index contributed by atoms with van der Waals surface area (Å²) in [5.74, 6) is 1.71. The molecule has 0 unspecified atom stereocenters. The third-order valence-corrected chi connectivity index (χ3v) is 5.34. The van der Waals surface area contributed by atoms with Crippen LogP contribution in [0.4, 0.5) is 5.69 Å². The summed E-state index contributed by atoms with van der Waals surface area (Å²) >= 11 is 0. The Morgan fingerprint density at radius 2 is 2.04 bits per heavy atom. The van der Waals surface area contributed by atoms with E-state index in [1.807, 2.05) is 24.3 Å². The normalized spacial score (nSPS) is 18.2. The van der Waals surface area contributed by atoms with Crippen LogP contribution in [0.25, 0.3) is 0 Å². The summed E-state index contributed by atoms with van der Waals surface area (Å²) in [6.45, 7) is 5.78. The molecule has 1 amide bonds. The Morgan fingerprint density at radius 3 is 2.82 bits per heavy atom. The third kappa shape index (κ3) is 5.11. The van der Waals surface area contributed by atoms with E-state index in [9.17, 15) is 4.79 Å². The molecule has 1 aromatic heterocycles. The number of aromatic nitrogens is 1. The summed E-state index contributed by atoms with van der Waals surface area (Å²) in [4.78, 5) is 21.6. The highest BCUT2D eigenvalue weighted by molar-refractivity contribution is 6.03. The summed E-state index contributed by atoms with van der Waals surface area (Å²) < 4.78 is 11.4. The largest absolute Gasteiger partial charge is 0.490 e. The fourth-order valence-corrected chi connectivity index (χ4v) is 3.32. The van der Waals surface area contributed by atoms with Gasteiger partial charge in [0.05, 0.1) is 5.69 Å². The lowest BCUT2D eigenvalue weighted by Gasteiger charge is -2.32. The Bertz CT molecular complexity index is 794. The number of nitrogens with zero attached hydrogens (tertiary/aromatic N) is 3. The van der Waals surface area contributed by atoms with Gasteiger partial charge < -0.3 is 19.4 Å². The van der Waals surface area contributed by atoms with Crippen LogP contribution in [0, 0.1) is 5.92 Å². The number of hydrogen-bond acceptors (Lipinski definition) is 6. The fraction of sp³-hybridized carbons (Fsp3) is 0.524. The second kappa shape index (κ2) is 8.75. The first kappa shape index (κ1) is 19.0. The number of rotatable bonds is 8. The van der Waals surface area contributed by atoms with E-state index in [1.54, 1.807) is 0 Å². The molecule has 28 heavy (non-hydrogen) atoms. The highest BCUT2D eigenvalue weighted by Crippen LogP contribution is 2.32. The van der Waals surface area contributed by atoms with Gasteiger partial charge in [0.15, 0.2) is 11.6 Å². The van der Waals surface area contributed by atoms with Gasteiger partial charge in [-0.1, -0.05) is 12.1 Å². The summed E-state index contributed by atoms with van der Waals surface area (Å²) in [5.41, 5.74) is 0.959. The molecule has 4 rings (SSSR count). The van der Waals surface area contributed by atoms with Crippen molar-refractivity contribution in [3.05, 3.63) is 42.1 Å². The van der Waals surface area contributed by atoms with E-state index < -0.39 is 0 Å². The molecule has 150 valence electrons. The van der Waals surface area contributed by atoms with Gasteiger partial charge in [-0.25, -0.2) is 4.98 Å². The molecule has 1 aromatic carbocycles. The number of likely N-dealkylation sites (N-methyl/N-ethyl adjacent to an activating group) is 1. The molecule has 7 heteroatoms. The molecule has 2 aliphatic rings. The Balaban J connectivity index is 1.30. The van der Waals surface area contributed by atoms with Crippen molar-refractivity contribution in [1.82, 2.24) is 14.8 Å². The van der Waals surface area contributed by atoms with Gasteiger partial charge in [-0.05, 0) is 37.9 Å². The molecule has 1 saturated carbocycles. The minimum absolute atomic E-state index is 0.277. The van der Waals surface area contributed by atoms with Crippen molar-refractivity contribution in [1.29, 1.82) is 0 Å². The molecule has 2 heterocycles. The van der Waals surface area contributed by atoms with Crippen molar-refractivity contribution in [3.63, 3.8) is 0 Å². The molecule has 2 fully saturated rings. The number of ether oxygens (including phenoxy) is 1. The van der Waals surface area contributed by atoms with Gasteiger partial charge >= 0.3 is 0 Å². The van der Waals surface area contributed by atoms with E-state index in [0.717, 1.165) is 39.1 Å². The average Bonchev–Trinajstić information content (AvgIpc) is 3.39. The number of oxazole rings is 1. The Labute approximate surface area is 165 Å². The first-order valence-corrected chi connectivity index (χ1v) is 10.1. The molecule has 0 bridgehead atoms. The number of anilines is 1. The Morgan fingerprint density at radius 1 is 1.25 bits per heavy atom. The number of hydrogen-bond donors (Lipinski definition) is 1. The third-order valence-electron chi connectivity index (χ3n) is 5.34. The first-order chi connectivity index (χ1) is 13.7. The van der Waals surface area contributed by atoms with Gasteiger partial charge in [0.2, 0.25) is 0 Å². The second-order valence-corrected chi connectivity index (χ2v) is 7.72. The van der Waals surface area contributed by atoms with Crippen LogP contribution in [0.5, 0.6) is 5.75 Å². The number of carbonyl (C=O) groups excluding carboxylic acids is 1. The molecule has 1 N–H and O–H groups in total. The van der Waals surface area contributed by atoms with Crippen LogP contribution in [0.2, 0.25) is 0 Å². The van der Waals surface area contributed by atoms with Crippen LogP contribution in [-0.2, 0) is 6.42 Å². The minimum atomic E-state index is -0.277. The maximum atomic E-state index is 12.5. The molecule has 0 spiro atoms. The molecule has 2 aromatic rings. The van der Waals surface area contributed by atoms with Crippen molar-refractivity contribution in [2.45, 2.75) is 19.3 Å². The molecule has 1 aliphatic carbocycles. The first-order valence-electron chi connectivity index (χ1n) is 10.1. The van der Waals surface area contributed by atoms with E-state index in [2.05, 4.69) is 27.1 Å². The van der Waals surface area contributed by atoms with Crippen LogP contribution < -0.4 is 10.1 Å². The van der Waals surface area contributed by atoms with Crippen molar-refractivity contribution in [2.75, 3.05) is 51.7 Å². The number of carbonyl (C=O) groups is 1. The molecule has 0 radical (unpaired) electrons. The standard InChI is InChI=1S/C21H28N4O3/c1-24-8-10-25(11-9-24)12-13-27-19-5-3-2-4-17(19)23-21(26)18-15-28-20(22-18)14-16-6-7-16/h2-5,15-16H,6-14H2,1H3,(H,23,26). The smallest absolute Gasteiger partial charge is 0.277 e. The zero-order chi connectivity index (χ0) is 19.3. The van der Waals surface area contributed by atoms with E-state index in [1.165, 1.54) is 19.1 Å². The van der Waals surface area contributed by atoms with Crippen molar-refractivity contribution < 1.29 is 13.9 Å². The zero-order valence-corrected chi connectivity index (χ0v) is 16.4. The predicted octanol–water partition coefficient (Wildman–Crippen LogP) is 2.51. The minimum Gasteiger partial charge on any atom is -0.490 e. The monoisotopic (exact) mass is 384 g/mol. The SMILES string of the molecule is CN1CCN(CCOc2ccccc2NC(=O)c2coc(CC3CC3)n2)CC1. The topological polar surface area (TPSA) is 70.8 Å². The van der Waals surface area contributed by atoms with E-state index in [0.29, 0.717) is 35.5 Å². The van der Waals surface area contributed by atoms with Crippen molar-refractivity contribution in [3.8, 4) is 5.75 Å². The van der Waals surface area contributed by atoms with Gasteiger partial charge in [-0.2, -0.15) is 0 Å². The maximum absolute atomic E-state index is 12.5. The van der Waals surface area contributed by atoms with Gasteiger partial charge in [0.25, 0.3) is 5.91 Å². The lowest BCUT2D eigenvalue weighted by molar-refractivity contribution is 0.102. The highest BCUT2D eigenvalue weighted by atomic mass is 16.5. The van der Waals surface area contributed by atoms with Crippen LogP contribution >= 0.6 is 0 Å². The summed E-state index contributed by atoms with van der Waals surface area (Å²) in [6.07, 6.45) is 4.70. The maximum Gasteiger partial charge on any atom is 0.277 e. The van der Waals surface area contributed by atoms with Crippen LogP contribution in [0.3, 0.4) is 0 Å². The molecular weight excluding hydrogens is 356 g/mol. The quantitative estimate of drug-likeness (QED) is 0.754. The summed E-state index contributed by atoms with van der Waals surface area (Å²) in [7, 11) is 2.15. The molecule has 1 saturated heterocycles. The van der Waals surface area contributed by atoms with Gasteiger partial charge in [-0.3, -0.25) is 9.69 Å². The lowest BCUT2D eigenvalue weighted by atomic mass is 10.2. The van der Waals surface area contributed by atoms with Crippen molar-refractivity contribution >= 4 is 11.6 Å². The van der Waals surface area contributed by atoms with E-state index in [-0.39, 0.29) is 5.91 Å². The number of amides is 1. The second-order valence-electron chi connectivity index (χ2n) is 7.72. The highest BCUT2D eigenvalue weighted by Gasteiger charge is 2.24. The summed E-state index contributed by atoms with van der Waals surface area (Å²) in [6, 6.07) is 7.50. The number of para-hydroxylation sites is 2. The fourth-order valence-electron chi connectivity index (χ4n) is 3.32. The van der Waals surface area contributed by atoms with Crippen LogP contribution in [-0.4, -0.2) is 67.1 Å². The number of benzene rings is 1. The Kier molecular flexibility index (Phi) is 5.92. The lowest BCUT2D eigenvalue weighted by Crippen LogP contribution is -2.45. The number of piperazine rings is 1. The van der Waals surface area contributed by atoms with Gasteiger partial charge in [0.1, 0.15) is 18.6 Å². The van der Waals surface area contributed by atoms with Crippen LogP contribution in [0.1, 0.15) is 29.2 Å². The van der Waals surface area contributed by atoms with Gasteiger partial charge in [0, 0.05) is 39.1 Å². The van der Waals surface area contributed by atoms with Gasteiger partial charge in [-0.15, -0.1) is 0 Å². The Hall–Kier alpha value is -2.38. The van der Waals surface area contributed by atoms with E-state index >= 15 is 0 Å². The average molecular weight is 384 g/mol. The molecule has 1 aliphatic heterocycles. The molecule has 0 atom stereocenters. The zero-order valence-electron chi connectivity index (χ0n) is 16.4. The van der Waals surface area contributed by atoms with Crippen LogP contribution in [0.15, 0.2) is 34.9 Å². The summed E-state index contributed by atoms with van der Waals surface area (Å²) in [5, 5.41) is 2.90. The van der Waals surface area contributed by atoms with Crippen molar-refractivity contribution in [2.24, 2.45) is 5.92 Å². The van der Waals surface area contributed by atoms with E-state index in [4.69, 9.17) is 9.15 Å². The molecule has 7 nitrogen and oxygen atoms in total.